The first kappa shape index (κ1) is 15.1. The molecule has 20 heavy (non-hydrogen) atoms. The number of aryl methyl sites for hydroxylation is 1. The summed E-state index contributed by atoms with van der Waals surface area (Å²) in [7, 11) is 0. The van der Waals surface area contributed by atoms with Crippen LogP contribution < -0.4 is 17.7 Å². The number of thiophene rings is 1. The summed E-state index contributed by atoms with van der Waals surface area (Å²) in [4.78, 5) is 4.85. The molecule has 0 spiro atoms. The monoisotopic (exact) mass is 305 g/mol. The highest BCUT2D eigenvalue weighted by molar-refractivity contribution is 7.09. The first-order valence-electron chi connectivity index (χ1n) is 6.64. The fourth-order valence-corrected chi connectivity index (χ4v) is 3.17. The number of hydrogen-bond donors (Lipinski definition) is 2. The van der Waals surface area contributed by atoms with Gasteiger partial charge in [-0.1, -0.05) is 24.3 Å². The molecule has 0 saturated carbocycles. The maximum atomic E-state index is 3.51. The van der Waals surface area contributed by atoms with Crippen molar-refractivity contribution in [3.8, 4) is 0 Å². The summed E-state index contributed by atoms with van der Waals surface area (Å²) in [5.41, 5.74) is 3.97. The zero-order chi connectivity index (χ0) is 13.1. The predicted molar refractivity (Wildman–Crippen MR) is 82.8 cm³/mol. The minimum atomic E-state index is 0. The van der Waals surface area contributed by atoms with Crippen LogP contribution in [0.25, 0.3) is 10.9 Å². The van der Waals surface area contributed by atoms with Gasteiger partial charge in [0, 0.05) is 28.0 Å². The van der Waals surface area contributed by atoms with Crippen molar-refractivity contribution in [3.05, 3.63) is 57.9 Å². The van der Waals surface area contributed by atoms with Crippen LogP contribution in [-0.4, -0.2) is 11.5 Å². The van der Waals surface area contributed by atoms with E-state index in [9.17, 15) is 0 Å². The standard InChI is InChI=1S/C16H18N2S.ClH/c1-12-14(15-6-2-3-7-16(15)18-12)8-9-17-11-13-5-4-10-19-13;/h2-7,10,17-18H,8-9,11H2,1H3;1H/p-1. The highest BCUT2D eigenvalue weighted by Gasteiger charge is 2.06. The number of fused-ring (bicyclic) bond motifs is 1. The van der Waals surface area contributed by atoms with Crippen LogP contribution in [0.5, 0.6) is 0 Å². The third kappa shape index (κ3) is 3.23. The van der Waals surface area contributed by atoms with E-state index < -0.39 is 0 Å². The van der Waals surface area contributed by atoms with E-state index in [-0.39, 0.29) is 12.4 Å². The second kappa shape index (κ2) is 6.93. The van der Waals surface area contributed by atoms with Crippen molar-refractivity contribution in [1.82, 2.24) is 10.3 Å². The molecule has 0 radical (unpaired) electrons. The van der Waals surface area contributed by atoms with Crippen molar-refractivity contribution in [2.24, 2.45) is 0 Å². The Hall–Kier alpha value is -1.29. The van der Waals surface area contributed by atoms with Crippen LogP contribution in [0.1, 0.15) is 16.1 Å². The van der Waals surface area contributed by atoms with Crippen molar-refractivity contribution in [2.75, 3.05) is 6.54 Å². The van der Waals surface area contributed by atoms with Crippen LogP contribution in [-0.2, 0) is 13.0 Å². The molecule has 106 valence electrons. The topological polar surface area (TPSA) is 27.8 Å². The summed E-state index contributed by atoms with van der Waals surface area (Å²) in [6.45, 7) is 4.15. The molecular weight excluding hydrogens is 288 g/mol. The molecule has 2 N–H and O–H groups in total. The number of hydrogen-bond acceptors (Lipinski definition) is 2. The van der Waals surface area contributed by atoms with Gasteiger partial charge < -0.3 is 22.7 Å². The van der Waals surface area contributed by atoms with Crippen LogP contribution in [0.3, 0.4) is 0 Å². The van der Waals surface area contributed by atoms with Crippen molar-refractivity contribution in [3.63, 3.8) is 0 Å². The zero-order valence-corrected chi connectivity index (χ0v) is 13.0. The number of rotatable bonds is 5. The molecule has 0 atom stereocenters. The summed E-state index contributed by atoms with van der Waals surface area (Å²) in [6, 6.07) is 12.8. The van der Waals surface area contributed by atoms with E-state index in [1.807, 2.05) is 11.3 Å². The minimum Gasteiger partial charge on any atom is -1.00 e. The number of benzene rings is 1. The van der Waals surface area contributed by atoms with E-state index in [0.717, 1.165) is 19.5 Å². The Morgan fingerprint density at radius 3 is 2.80 bits per heavy atom. The second-order valence-corrected chi connectivity index (χ2v) is 5.81. The van der Waals surface area contributed by atoms with Crippen LogP contribution in [0, 0.1) is 6.92 Å². The van der Waals surface area contributed by atoms with Gasteiger partial charge in [0.25, 0.3) is 0 Å². The maximum absolute atomic E-state index is 3.51. The molecule has 3 aromatic rings. The van der Waals surface area contributed by atoms with E-state index >= 15 is 0 Å². The summed E-state index contributed by atoms with van der Waals surface area (Å²) in [5.74, 6) is 0. The van der Waals surface area contributed by atoms with Crippen molar-refractivity contribution in [2.45, 2.75) is 19.9 Å². The van der Waals surface area contributed by atoms with Gasteiger partial charge in [0.2, 0.25) is 0 Å². The van der Waals surface area contributed by atoms with Crippen LogP contribution in [0.2, 0.25) is 0 Å². The largest absolute Gasteiger partial charge is 1.00 e. The Kier molecular flexibility index (Phi) is 5.24. The molecule has 0 aliphatic heterocycles. The molecule has 4 heteroatoms. The van der Waals surface area contributed by atoms with E-state index in [1.54, 1.807) is 0 Å². The molecule has 0 aliphatic carbocycles. The van der Waals surface area contributed by atoms with Crippen LogP contribution in [0.15, 0.2) is 41.8 Å². The molecule has 0 fully saturated rings. The normalized spacial score (nSPS) is 10.7. The number of H-pyrrole nitrogens is 1. The molecular formula is C16H18ClN2S-. The predicted octanol–water partition coefficient (Wildman–Crippen LogP) is 0.874. The van der Waals surface area contributed by atoms with Gasteiger partial charge in [0.1, 0.15) is 0 Å². The second-order valence-electron chi connectivity index (χ2n) is 4.78. The summed E-state index contributed by atoms with van der Waals surface area (Å²) >= 11 is 1.81. The Morgan fingerprint density at radius 1 is 1.15 bits per heavy atom. The third-order valence-electron chi connectivity index (χ3n) is 3.46. The molecule has 3 rings (SSSR count). The van der Waals surface area contributed by atoms with Crippen LogP contribution in [0.4, 0.5) is 0 Å². The molecule has 0 unspecified atom stereocenters. The quantitative estimate of drug-likeness (QED) is 0.673. The van der Waals surface area contributed by atoms with Gasteiger partial charge in [-0.05, 0) is 43.0 Å². The number of nitrogens with one attached hydrogen (secondary N) is 2. The molecule has 0 amide bonds. The van der Waals surface area contributed by atoms with E-state index in [2.05, 4.69) is 59.0 Å². The minimum absolute atomic E-state index is 0. The van der Waals surface area contributed by atoms with Crippen molar-refractivity contribution in [1.29, 1.82) is 0 Å². The van der Waals surface area contributed by atoms with Gasteiger partial charge in [0.15, 0.2) is 0 Å². The summed E-state index contributed by atoms with van der Waals surface area (Å²) in [5, 5.41) is 7.00. The fourth-order valence-electron chi connectivity index (χ4n) is 2.50. The van der Waals surface area contributed by atoms with Gasteiger partial charge in [-0.3, -0.25) is 0 Å². The Balaban J connectivity index is 0.00000147. The highest BCUT2D eigenvalue weighted by atomic mass is 35.5. The van der Waals surface area contributed by atoms with E-state index in [0.29, 0.717) is 0 Å². The lowest BCUT2D eigenvalue weighted by atomic mass is 10.1. The molecule has 0 saturated heterocycles. The van der Waals surface area contributed by atoms with Gasteiger partial charge in [-0.15, -0.1) is 11.3 Å². The lowest BCUT2D eigenvalue weighted by Crippen LogP contribution is -3.00. The molecule has 0 bridgehead atoms. The zero-order valence-electron chi connectivity index (χ0n) is 11.4. The first-order chi connectivity index (χ1) is 9.34. The molecule has 2 heterocycles. The van der Waals surface area contributed by atoms with Crippen molar-refractivity contribution >= 4 is 22.2 Å². The van der Waals surface area contributed by atoms with Crippen LogP contribution >= 0.6 is 11.3 Å². The number of aromatic nitrogens is 1. The average Bonchev–Trinajstić information content (AvgIpc) is 3.02. The SMILES string of the molecule is Cc1[nH]c2ccccc2c1CCNCc1cccs1.[Cl-]. The Labute approximate surface area is 129 Å². The molecule has 2 aromatic heterocycles. The lowest BCUT2D eigenvalue weighted by molar-refractivity contribution is -0.00000388. The number of aromatic amines is 1. The third-order valence-corrected chi connectivity index (χ3v) is 4.33. The lowest BCUT2D eigenvalue weighted by Gasteiger charge is -2.04. The number of para-hydroxylation sites is 1. The van der Waals surface area contributed by atoms with E-state index in [4.69, 9.17) is 0 Å². The molecule has 2 nitrogen and oxygen atoms in total. The van der Waals surface area contributed by atoms with Gasteiger partial charge in [-0.2, -0.15) is 0 Å². The first-order valence-corrected chi connectivity index (χ1v) is 7.52. The van der Waals surface area contributed by atoms with Crippen molar-refractivity contribution < 1.29 is 12.4 Å². The smallest absolute Gasteiger partial charge is 0.0458 e. The number of halogens is 1. The summed E-state index contributed by atoms with van der Waals surface area (Å²) in [6.07, 6.45) is 1.07. The maximum Gasteiger partial charge on any atom is 0.0458 e. The van der Waals surface area contributed by atoms with Gasteiger partial charge >= 0.3 is 0 Å². The fraction of sp³-hybridized carbons (Fsp3) is 0.250. The van der Waals surface area contributed by atoms with Gasteiger partial charge in [-0.25, -0.2) is 0 Å². The molecule has 0 aliphatic rings. The average molecular weight is 306 g/mol. The Morgan fingerprint density at radius 2 is 2.00 bits per heavy atom. The molecule has 1 aromatic carbocycles. The van der Waals surface area contributed by atoms with E-state index in [1.165, 1.54) is 27.0 Å². The van der Waals surface area contributed by atoms with Gasteiger partial charge in [0.05, 0.1) is 0 Å². The summed E-state index contributed by atoms with van der Waals surface area (Å²) < 4.78 is 0. The highest BCUT2D eigenvalue weighted by Crippen LogP contribution is 2.21. The Bertz CT molecular complexity index is 658.